The average Bonchev–Trinajstić information content (AvgIpc) is 2.95. The number of benzene rings is 2. The van der Waals surface area contributed by atoms with Gasteiger partial charge in [0.2, 0.25) is 5.91 Å². The molecule has 2 aromatic carbocycles. The molecule has 0 saturated carbocycles. The molecule has 0 radical (unpaired) electrons. The molecule has 0 saturated heterocycles. The largest absolute Gasteiger partial charge is 0.355 e. The first-order valence-electron chi connectivity index (χ1n) is 7.71. The third-order valence-electron chi connectivity index (χ3n) is 3.87. The Morgan fingerprint density at radius 3 is 2.52 bits per heavy atom. The molecule has 3 rings (SSSR count). The van der Waals surface area contributed by atoms with Crippen molar-refractivity contribution >= 4 is 23.3 Å². The molecule has 1 atom stereocenters. The summed E-state index contributed by atoms with van der Waals surface area (Å²) in [6.45, 7) is 2.41. The van der Waals surface area contributed by atoms with Crippen molar-refractivity contribution in [2.24, 2.45) is 0 Å². The summed E-state index contributed by atoms with van der Waals surface area (Å²) >= 11 is 0. The van der Waals surface area contributed by atoms with Gasteiger partial charge in [0.25, 0.3) is 0 Å². The van der Waals surface area contributed by atoms with Crippen molar-refractivity contribution in [3.63, 3.8) is 0 Å². The highest BCUT2D eigenvalue weighted by atomic mass is 16.2. The molecule has 0 aromatic heterocycles. The van der Waals surface area contributed by atoms with Crippen LogP contribution in [-0.4, -0.2) is 24.5 Å². The molecule has 0 fully saturated rings. The standard InChI is InChI=1S/C18H19N3O2/c1-2-19-17(22)16-12-13-8-6-7-11-15(13)21(16)18(23)20-14-9-4-3-5-10-14/h3-11,16H,2,12H2,1H3,(H,19,22)(H,20,23)/t16-/m1/s1. The summed E-state index contributed by atoms with van der Waals surface area (Å²) in [5.41, 5.74) is 2.50. The Labute approximate surface area is 135 Å². The van der Waals surface area contributed by atoms with Crippen LogP contribution in [0.25, 0.3) is 0 Å². The number of amides is 3. The van der Waals surface area contributed by atoms with Crippen molar-refractivity contribution in [2.45, 2.75) is 19.4 Å². The first kappa shape index (κ1) is 15.1. The summed E-state index contributed by atoms with van der Waals surface area (Å²) in [6, 6.07) is 16.1. The average molecular weight is 309 g/mol. The number of rotatable bonds is 3. The van der Waals surface area contributed by atoms with Crippen molar-refractivity contribution in [3.8, 4) is 0 Å². The molecule has 5 nitrogen and oxygen atoms in total. The number of nitrogens with zero attached hydrogens (tertiary/aromatic N) is 1. The van der Waals surface area contributed by atoms with Crippen LogP contribution in [0.3, 0.4) is 0 Å². The first-order valence-corrected chi connectivity index (χ1v) is 7.71. The fourth-order valence-corrected chi connectivity index (χ4v) is 2.84. The van der Waals surface area contributed by atoms with Crippen LogP contribution in [0.4, 0.5) is 16.2 Å². The predicted octanol–water partition coefficient (Wildman–Crippen LogP) is 2.79. The maximum Gasteiger partial charge on any atom is 0.327 e. The number of urea groups is 1. The van der Waals surface area contributed by atoms with Gasteiger partial charge in [-0.05, 0) is 30.7 Å². The van der Waals surface area contributed by atoms with E-state index < -0.39 is 6.04 Å². The van der Waals surface area contributed by atoms with Gasteiger partial charge in [-0.15, -0.1) is 0 Å². The highest BCUT2D eigenvalue weighted by molar-refractivity contribution is 6.08. The zero-order chi connectivity index (χ0) is 16.2. The Hall–Kier alpha value is -2.82. The quantitative estimate of drug-likeness (QED) is 0.916. The highest BCUT2D eigenvalue weighted by Gasteiger charge is 2.38. The van der Waals surface area contributed by atoms with Crippen LogP contribution >= 0.6 is 0 Å². The lowest BCUT2D eigenvalue weighted by molar-refractivity contribution is -0.122. The van der Waals surface area contributed by atoms with Crippen LogP contribution in [0.15, 0.2) is 54.6 Å². The number of para-hydroxylation sites is 2. The SMILES string of the molecule is CCNC(=O)[C@H]1Cc2ccccc2N1C(=O)Nc1ccccc1. The topological polar surface area (TPSA) is 61.4 Å². The first-order chi connectivity index (χ1) is 11.2. The molecule has 5 heteroatoms. The number of fused-ring (bicyclic) bond motifs is 1. The Morgan fingerprint density at radius 2 is 1.78 bits per heavy atom. The van der Waals surface area contributed by atoms with Crippen molar-refractivity contribution in [1.82, 2.24) is 5.32 Å². The molecule has 1 aliphatic rings. The molecule has 2 N–H and O–H groups in total. The van der Waals surface area contributed by atoms with Crippen LogP contribution in [0, 0.1) is 0 Å². The van der Waals surface area contributed by atoms with Gasteiger partial charge in [-0.25, -0.2) is 4.79 Å². The van der Waals surface area contributed by atoms with E-state index in [9.17, 15) is 9.59 Å². The number of carbonyl (C=O) groups is 2. The molecule has 23 heavy (non-hydrogen) atoms. The van der Waals surface area contributed by atoms with Gasteiger partial charge in [-0.1, -0.05) is 36.4 Å². The maximum atomic E-state index is 12.7. The van der Waals surface area contributed by atoms with Crippen molar-refractivity contribution < 1.29 is 9.59 Å². The Balaban J connectivity index is 1.88. The summed E-state index contributed by atoms with van der Waals surface area (Å²) in [5, 5.41) is 5.67. The summed E-state index contributed by atoms with van der Waals surface area (Å²) in [5.74, 6) is -0.132. The number of hydrogen-bond acceptors (Lipinski definition) is 2. The molecule has 0 aliphatic carbocycles. The van der Waals surface area contributed by atoms with Gasteiger partial charge in [0, 0.05) is 24.3 Å². The minimum Gasteiger partial charge on any atom is -0.355 e. The van der Waals surface area contributed by atoms with E-state index in [-0.39, 0.29) is 11.9 Å². The van der Waals surface area contributed by atoms with Gasteiger partial charge >= 0.3 is 6.03 Å². The van der Waals surface area contributed by atoms with Gasteiger partial charge < -0.3 is 10.6 Å². The Morgan fingerprint density at radius 1 is 1.09 bits per heavy atom. The lowest BCUT2D eigenvalue weighted by atomic mass is 10.1. The van der Waals surface area contributed by atoms with E-state index in [1.807, 2.05) is 61.5 Å². The minimum atomic E-state index is -0.518. The second kappa shape index (κ2) is 6.52. The number of carbonyl (C=O) groups excluding carboxylic acids is 2. The van der Waals surface area contributed by atoms with Crippen molar-refractivity contribution in [3.05, 3.63) is 60.2 Å². The fourth-order valence-electron chi connectivity index (χ4n) is 2.84. The Bertz CT molecular complexity index is 715. The lowest BCUT2D eigenvalue weighted by Crippen LogP contribution is -2.49. The van der Waals surface area contributed by atoms with Crippen LogP contribution in [0.1, 0.15) is 12.5 Å². The van der Waals surface area contributed by atoms with Crippen LogP contribution < -0.4 is 15.5 Å². The Kier molecular flexibility index (Phi) is 4.28. The van der Waals surface area contributed by atoms with Gasteiger partial charge in [0.05, 0.1) is 0 Å². The predicted molar refractivity (Wildman–Crippen MR) is 90.6 cm³/mol. The molecule has 1 aliphatic heterocycles. The van der Waals surface area contributed by atoms with Gasteiger partial charge in [-0.2, -0.15) is 0 Å². The van der Waals surface area contributed by atoms with Gasteiger partial charge in [-0.3, -0.25) is 9.69 Å². The maximum absolute atomic E-state index is 12.7. The molecule has 0 unspecified atom stereocenters. The van der Waals surface area contributed by atoms with E-state index in [1.165, 1.54) is 0 Å². The molecular weight excluding hydrogens is 290 g/mol. The monoisotopic (exact) mass is 309 g/mol. The molecule has 0 spiro atoms. The summed E-state index contributed by atoms with van der Waals surface area (Å²) in [4.78, 5) is 26.6. The van der Waals surface area contributed by atoms with E-state index >= 15 is 0 Å². The van der Waals surface area contributed by atoms with E-state index in [0.717, 1.165) is 11.3 Å². The number of anilines is 2. The molecule has 118 valence electrons. The van der Waals surface area contributed by atoms with Gasteiger partial charge in [0.15, 0.2) is 0 Å². The number of likely N-dealkylation sites (N-methyl/N-ethyl adjacent to an activating group) is 1. The van der Waals surface area contributed by atoms with E-state index in [2.05, 4.69) is 10.6 Å². The van der Waals surface area contributed by atoms with Crippen molar-refractivity contribution in [1.29, 1.82) is 0 Å². The zero-order valence-corrected chi connectivity index (χ0v) is 13.0. The minimum absolute atomic E-state index is 0.132. The highest BCUT2D eigenvalue weighted by Crippen LogP contribution is 2.32. The third-order valence-corrected chi connectivity index (χ3v) is 3.87. The number of nitrogens with one attached hydrogen (secondary N) is 2. The summed E-state index contributed by atoms with van der Waals surface area (Å²) in [7, 11) is 0. The summed E-state index contributed by atoms with van der Waals surface area (Å²) in [6.07, 6.45) is 0.532. The summed E-state index contributed by atoms with van der Waals surface area (Å²) < 4.78 is 0. The fraction of sp³-hybridized carbons (Fsp3) is 0.222. The van der Waals surface area contributed by atoms with Crippen molar-refractivity contribution in [2.75, 3.05) is 16.8 Å². The van der Waals surface area contributed by atoms with Crippen LogP contribution in [-0.2, 0) is 11.2 Å². The van der Waals surface area contributed by atoms with E-state index in [1.54, 1.807) is 4.90 Å². The van der Waals surface area contributed by atoms with E-state index in [0.29, 0.717) is 18.7 Å². The molecular formula is C18H19N3O2. The van der Waals surface area contributed by atoms with Crippen LogP contribution in [0.5, 0.6) is 0 Å². The molecule has 1 heterocycles. The lowest BCUT2D eigenvalue weighted by Gasteiger charge is -2.25. The second-order valence-corrected chi connectivity index (χ2v) is 5.41. The van der Waals surface area contributed by atoms with Gasteiger partial charge in [0.1, 0.15) is 6.04 Å². The third kappa shape index (κ3) is 3.04. The van der Waals surface area contributed by atoms with Crippen LogP contribution in [0.2, 0.25) is 0 Å². The second-order valence-electron chi connectivity index (χ2n) is 5.41. The number of hydrogen-bond donors (Lipinski definition) is 2. The molecule has 2 aromatic rings. The normalized spacial score (nSPS) is 15.9. The zero-order valence-electron chi connectivity index (χ0n) is 13.0. The molecule has 0 bridgehead atoms. The smallest absolute Gasteiger partial charge is 0.327 e. The molecule has 3 amide bonds. The van der Waals surface area contributed by atoms with E-state index in [4.69, 9.17) is 0 Å².